The van der Waals surface area contributed by atoms with Crippen LogP contribution in [0.5, 0.6) is 0 Å². The van der Waals surface area contributed by atoms with E-state index < -0.39 is 0 Å². The van der Waals surface area contributed by atoms with E-state index in [1.165, 1.54) is 5.56 Å². The first-order valence-corrected chi connectivity index (χ1v) is 5.89. The highest BCUT2D eigenvalue weighted by atomic mass is 79.9. The summed E-state index contributed by atoms with van der Waals surface area (Å²) in [5.41, 5.74) is 4.07. The standard InChI is InChI=1S/C12H17BrN2/c1-2-3-4-5-12(15-14)10-6-8-11(13)9-7-10/h2,6-9,12,15H,1,3-5,14H2. The van der Waals surface area contributed by atoms with E-state index in [-0.39, 0.29) is 6.04 Å². The van der Waals surface area contributed by atoms with Gasteiger partial charge in [0, 0.05) is 10.5 Å². The average molecular weight is 269 g/mol. The maximum atomic E-state index is 5.54. The van der Waals surface area contributed by atoms with Crippen molar-refractivity contribution in [3.8, 4) is 0 Å². The Morgan fingerprint density at radius 2 is 2.07 bits per heavy atom. The van der Waals surface area contributed by atoms with Crippen LogP contribution >= 0.6 is 15.9 Å². The van der Waals surface area contributed by atoms with E-state index in [9.17, 15) is 0 Å². The summed E-state index contributed by atoms with van der Waals surface area (Å²) in [6.45, 7) is 3.71. The van der Waals surface area contributed by atoms with Gasteiger partial charge in [0.25, 0.3) is 0 Å². The fourth-order valence-electron chi connectivity index (χ4n) is 1.51. The number of nitrogens with one attached hydrogen (secondary N) is 1. The van der Waals surface area contributed by atoms with Crippen molar-refractivity contribution in [2.45, 2.75) is 25.3 Å². The minimum Gasteiger partial charge on any atom is -0.271 e. The molecule has 0 fully saturated rings. The summed E-state index contributed by atoms with van der Waals surface area (Å²) in [6, 6.07) is 8.48. The second-order valence-electron chi connectivity index (χ2n) is 3.49. The molecule has 15 heavy (non-hydrogen) atoms. The molecular weight excluding hydrogens is 252 g/mol. The first kappa shape index (κ1) is 12.4. The second kappa shape index (κ2) is 6.77. The molecule has 1 aromatic carbocycles. The predicted molar refractivity (Wildman–Crippen MR) is 68.3 cm³/mol. The first-order valence-electron chi connectivity index (χ1n) is 5.10. The highest BCUT2D eigenvalue weighted by molar-refractivity contribution is 9.10. The highest BCUT2D eigenvalue weighted by Gasteiger charge is 2.07. The molecule has 2 nitrogen and oxygen atoms in total. The lowest BCUT2D eigenvalue weighted by Crippen LogP contribution is -2.27. The van der Waals surface area contributed by atoms with Crippen molar-refractivity contribution < 1.29 is 0 Å². The van der Waals surface area contributed by atoms with E-state index >= 15 is 0 Å². The number of hydrazine groups is 1. The monoisotopic (exact) mass is 268 g/mol. The molecule has 0 aromatic heterocycles. The van der Waals surface area contributed by atoms with Crippen LogP contribution in [0.25, 0.3) is 0 Å². The van der Waals surface area contributed by atoms with Gasteiger partial charge in [0.05, 0.1) is 0 Å². The van der Waals surface area contributed by atoms with Gasteiger partial charge < -0.3 is 0 Å². The lowest BCUT2D eigenvalue weighted by atomic mass is 10.0. The van der Waals surface area contributed by atoms with Crippen LogP contribution in [0.3, 0.4) is 0 Å². The number of hydrogen-bond donors (Lipinski definition) is 2. The Morgan fingerprint density at radius 1 is 1.40 bits per heavy atom. The van der Waals surface area contributed by atoms with Crippen molar-refractivity contribution in [2.24, 2.45) is 5.84 Å². The van der Waals surface area contributed by atoms with Crippen molar-refractivity contribution in [3.63, 3.8) is 0 Å². The highest BCUT2D eigenvalue weighted by Crippen LogP contribution is 2.20. The van der Waals surface area contributed by atoms with Gasteiger partial charge in [0.1, 0.15) is 0 Å². The Kier molecular flexibility index (Phi) is 5.61. The Balaban J connectivity index is 2.57. The van der Waals surface area contributed by atoms with Gasteiger partial charge in [0.2, 0.25) is 0 Å². The van der Waals surface area contributed by atoms with Crippen molar-refractivity contribution in [1.82, 2.24) is 5.43 Å². The molecule has 0 bridgehead atoms. The number of allylic oxidation sites excluding steroid dienone is 1. The molecule has 3 N–H and O–H groups in total. The van der Waals surface area contributed by atoms with Crippen LogP contribution in [-0.4, -0.2) is 0 Å². The first-order chi connectivity index (χ1) is 7.27. The summed E-state index contributed by atoms with van der Waals surface area (Å²) in [7, 11) is 0. The molecule has 1 unspecified atom stereocenters. The Morgan fingerprint density at radius 3 is 2.60 bits per heavy atom. The largest absolute Gasteiger partial charge is 0.271 e. The van der Waals surface area contributed by atoms with E-state index in [1.807, 2.05) is 18.2 Å². The molecule has 0 spiro atoms. The average Bonchev–Trinajstić information content (AvgIpc) is 2.26. The van der Waals surface area contributed by atoms with E-state index in [0.29, 0.717) is 0 Å². The van der Waals surface area contributed by atoms with Crippen LogP contribution in [0.4, 0.5) is 0 Å². The van der Waals surface area contributed by atoms with Gasteiger partial charge in [-0.15, -0.1) is 6.58 Å². The zero-order valence-corrected chi connectivity index (χ0v) is 10.3. The predicted octanol–water partition coefficient (Wildman–Crippen LogP) is 3.31. The molecule has 1 aromatic rings. The number of hydrogen-bond acceptors (Lipinski definition) is 2. The number of halogens is 1. The van der Waals surface area contributed by atoms with Gasteiger partial charge in [-0.25, -0.2) is 0 Å². The van der Waals surface area contributed by atoms with E-state index in [0.717, 1.165) is 23.7 Å². The van der Waals surface area contributed by atoms with E-state index in [4.69, 9.17) is 5.84 Å². The van der Waals surface area contributed by atoms with Crippen molar-refractivity contribution in [2.75, 3.05) is 0 Å². The molecule has 0 heterocycles. The maximum Gasteiger partial charge on any atom is 0.0460 e. The third-order valence-corrected chi connectivity index (χ3v) is 2.90. The quantitative estimate of drug-likeness (QED) is 0.360. The fraction of sp³-hybridized carbons (Fsp3) is 0.333. The van der Waals surface area contributed by atoms with Crippen LogP contribution in [0, 0.1) is 0 Å². The summed E-state index contributed by atoms with van der Waals surface area (Å²) in [4.78, 5) is 0. The third kappa shape index (κ3) is 4.16. The van der Waals surface area contributed by atoms with Gasteiger partial charge >= 0.3 is 0 Å². The zero-order valence-electron chi connectivity index (χ0n) is 8.75. The normalized spacial score (nSPS) is 12.4. The molecule has 0 amide bonds. The molecule has 82 valence electrons. The van der Waals surface area contributed by atoms with E-state index in [2.05, 4.69) is 40.1 Å². The summed E-state index contributed by atoms with van der Waals surface area (Å²) in [6.07, 6.45) is 5.11. The fourth-order valence-corrected chi connectivity index (χ4v) is 1.77. The van der Waals surface area contributed by atoms with E-state index in [1.54, 1.807) is 0 Å². The smallest absolute Gasteiger partial charge is 0.0460 e. The lowest BCUT2D eigenvalue weighted by Gasteiger charge is -2.15. The Bertz CT molecular complexity index is 295. The van der Waals surface area contributed by atoms with Crippen molar-refractivity contribution >= 4 is 15.9 Å². The molecule has 0 aliphatic rings. The summed E-state index contributed by atoms with van der Waals surface area (Å²) >= 11 is 3.42. The van der Waals surface area contributed by atoms with Crippen molar-refractivity contribution in [3.05, 3.63) is 47.0 Å². The summed E-state index contributed by atoms with van der Waals surface area (Å²) in [5, 5.41) is 0. The molecule has 3 heteroatoms. The second-order valence-corrected chi connectivity index (χ2v) is 4.41. The molecule has 0 saturated heterocycles. The van der Waals surface area contributed by atoms with Crippen LogP contribution < -0.4 is 11.3 Å². The Hall–Kier alpha value is -0.640. The molecule has 0 saturated carbocycles. The minimum atomic E-state index is 0.234. The van der Waals surface area contributed by atoms with Crippen molar-refractivity contribution in [1.29, 1.82) is 0 Å². The van der Waals surface area contributed by atoms with Gasteiger partial charge in [-0.1, -0.05) is 34.1 Å². The van der Waals surface area contributed by atoms with Crippen LogP contribution in [0.2, 0.25) is 0 Å². The number of unbranched alkanes of at least 4 members (excludes halogenated alkanes) is 1. The molecular formula is C12H17BrN2. The van der Waals surface area contributed by atoms with Crippen LogP contribution in [0.1, 0.15) is 30.9 Å². The van der Waals surface area contributed by atoms with Crippen LogP contribution in [0.15, 0.2) is 41.4 Å². The minimum absolute atomic E-state index is 0.234. The Labute approximate surface area is 99.7 Å². The van der Waals surface area contributed by atoms with Gasteiger partial charge in [-0.3, -0.25) is 11.3 Å². The van der Waals surface area contributed by atoms with Gasteiger partial charge in [-0.05, 0) is 37.0 Å². The lowest BCUT2D eigenvalue weighted by molar-refractivity contribution is 0.501. The topological polar surface area (TPSA) is 38.0 Å². The zero-order chi connectivity index (χ0) is 11.1. The molecule has 0 radical (unpaired) electrons. The number of nitrogens with two attached hydrogens (primary N) is 1. The summed E-state index contributed by atoms with van der Waals surface area (Å²) in [5.74, 6) is 5.54. The SMILES string of the molecule is C=CCCCC(NN)c1ccc(Br)cc1. The maximum absolute atomic E-state index is 5.54. The van der Waals surface area contributed by atoms with Crippen LogP contribution in [-0.2, 0) is 0 Å². The number of rotatable bonds is 6. The van der Waals surface area contributed by atoms with Gasteiger partial charge in [0.15, 0.2) is 0 Å². The summed E-state index contributed by atoms with van der Waals surface area (Å²) < 4.78 is 1.09. The molecule has 0 aliphatic carbocycles. The number of benzene rings is 1. The molecule has 1 atom stereocenters. The molecule has 1 rings (SSSR count). The third-order valence-electron chi connectivity index (χ3n) is 2.37. The molecule has 0 aliphatic heterocycles. The van der Waals surface area contributed by atoms with Gasteiger partial charge in [-0.2, -0.15) is 0 Å².